The number of aromatic nitrogens is 4. The summed E-state index contributed by atoms with van der Waals surface area (Å²) in [5.74, 6) is 0.994. The molecule has 0 aliphatic carbocycles. The largest absolute Gasteiger partial charge is 0.369 e. The molecule has 0 aromatic carbocycles. The molecule has 118 valence electrons. The van der Waals surface area contributed by atoms with Crippen LogP contribution >= 0.6 is 0 Å². The van der Waals surface area contributed by atoms with Crippen LogP contribution in [0, 0.1) is 5.92 Å². The smallest absolute Gasteiger partial charge is 0.255 e. The first-order chi connectivity index (χ1) is 10.6. The van der Waals surface area contributed by atoms with E-state index >= 15 is 0 Å². The van der Waals surface area contributed by atoms with Gasteiger partial charge >= 0.3 is 0 Å². The molecule has 0 fully saturated rings. The van der Waals surface area contributed by atoms with Crippen molar-refractivity contribution in [2.75, 3.05) is 11.9 Å². The minimum Gasteiger partial charge on any atom is -0.369 e. The van der Waals surface area contributed by atoms with Crippen LogP contribution in [0.5, 0.6) is 0 Å². The Morgan fingerprint density at radius 2 is 2.18 bits per heavy atom. The Bertz CT molecular complexity index is 597. The third-order valence-electron chi connectivity index (χ3n) is 3.06. The second-order valence-corrected chi connectivity index (χ2v) is 5.41. The minimum absolute atomic E-state index is 0.213. The number of H-pyrrole nitrogens is 1. The zero-order chi connectivity index (χ0) is 15.9. The molecule has 2 heterocycles. The Balaban J connectivity index is 1.88. The molecule has 7 nitrogen and oxygen atoms in total. The summed E-state index contributed by atoms with van der Waals surface area (Å²) in [6.07, 6.45) is 2.04. The van der Waals surface area contributed by atoms with Gasteiger partial charge in [-0.3, -0.25) is 20.2 Å². The monoisotopic (exact) mass is 303 g/mol. The molecule has 2 aromatic rings. The van der Waals surface area contributed by atoms with Crippen LogP contribution in [0.15, 0.2) is 24.4 Å². The number of amides is 1. The molecule has 7 heteroatoms. The molecule has 0 saturated heterocycles. The van der Waals surface area contributed by atoms with Crippen molar-refractivity contribution in [3.63, 3.8) is 0 Å². The highest BCUT2D eigenvalue weighted by Crippen LogP contribution is 2.12. The number of carbonyl (C=O) groups excluding carboxylic acids is 1. The number of ether oxygens (including phenoxy) is 1. The predicted molar refractivity (Wildman–Crippen MR) is 83.1 cm³/mol. The molecule has 0 bridgehead atoms. The SMILES string of the molecule is CC(C)CCOC(C)C(=O)Nc1n[nH]c(-c2ccccn2)n1. The number of hydrogen-bond acceptors (Lipinski definition) is 5. The number of rotatable bonds is 7. The fourth-order valence-electron chi connectivity index (χ4n) is 1.70. The van der Waals surface area contributed by atoms with Crippen molar-refractivity contribution in [2.24, 2.45) is 5.92 Å². The number of carbonyl (C=O) groups is 1. The van der Waals surface area contributed by atoms with Gasteiger partial charge in [-0.1, -0.05) is 19.9 Å². The number of nitrogens with one attached hydrogen (secondary N) is 2. The van der Waals surface area contributed by atoms with Gasteiger partial charge in [0.25, 0.3) is 5.91 Å². The number of nitrogens with zero attached hydrogens (tertiary/aromatic N) is 3. The summed E-state index contributed by atoms with van der Waals surface area (Å²) in [5, 5.41) is 9.33. The average molecular weight is 303 g/mol. The van der Waals surface area contributed by atoms with Crippen LogP contribution in [-0.4, -0.2) is 38.8 Å². The van der Waals surface area contributed by atoms with Gasteiger partial charge in [-0.05, 0) is 31.4 Å². The lowest BCUT2D eigenvalue weighted by molar-refractivity contribution is -0.126. The van der Waals surface area contributed by atoms with Gasteiger partial charge in [-0.2, -0.15) is 4.98 Å². The predicted octanol–water partition coefficient (Wildman–Crippen LogP) is 2.26. The number of pyridine rings is 1. The van der Waals surface area contributed by atoms with Gasteiger partial charge in [0, 0.05) is 12.8 Å². The zero-order valence-corrected chi connectivity index (χ0v) is 13.0. The molecule has 0 saturated carbocycles. The van der Waals surface area contributed by atoms with Crippen LogP contribution in [0.2, 0.25) is 0 Å². The molecule has 2 N–H and O–H groups in total. The van der Waals surface area contributed by atoms with Crippen LogP contribution < -0.4 is 5.32 Å². The third kappa shape index (κ3) is 4.63. The molecule has 2 aromatic heterocycles. The second-order valence-electron chi connectivity index (χ2n) is 5.41. The van der Waals surface area contributed by atoms with E-state index < -0.39 is 6.10 Å². The molecule has 0 spiro atoms. The van der Waals surface area contributed by atoms with E-state index in [1.165, 1.54) is 0 Å². The maximum Gasteiger partial charge on any atom is 0.255 e. The summed E-state index contributed by atoms with van der Waals surface area (Å²) in [7, 11) is 0. The van der Waals surface area contributed by atoms with E-state index in [0.29, 0.717) is 24.0 Å². The third-order valence-corrected chi connectivity index (χ3v) is 3.06. The normalized spacial score (nSPS) is 12.4. The zero-order valence-electron chi connectivity index (χ0n) is 13.0. The first-order valence-electron chi connectivity index (χ1n) is 7.32. The summed E-state index contributed by atoms with van der Waals surface area (Å²) in [4.78, 5) is 20.3. The van der Waals surface area contributed by atoms with Gasteiger partial charge in [0.15, 0.2) is 5.82 Å². The van der Waals surface area contributed by atoms with Gasteiger partial charge in [-0.25, -0.2) is 0 Å². The van der Waals surface area contributed by atoms with Gasteiger partial charge < -0.3 is 4.74 Å². The molecule has 2 rings (SSSR count). The van der Waals surface area contributed by atoms with E-state index in [1.807, 2.05) is 18.2 Å². The van der Waals surface area contributed by atoms with E-state index in [2.05, 4.69) is 39.3 Å². The van der Waals surface area contributed by atoms with E-state index in [9.17, 15) is 4.79 Å². The number of aromatic amines is 1. The van der Waals surface area contributed by atoms with E-state index in [4.69, 9.17) is 4.74 Å². The maximum atomic E-state index is 12.0. The topological polar surface area (TPSA) is 92.8 Å². The van der Waals surface area contributed by atoms with Crippen molar-refractivity contribution < 1.29 is 9.53 Å². The maximum absolute atomic E-state index is 12.0. The molecule has 1 atom stereocenters. The quantitative estimate of drug-likeness (QED) is 0.818. The molecule has 1 amide bonds. The van der Waals surface area contributed by atoms with E-state index in [0.717, 1.165) is 6.42 Å². The van der Waals surface area contributed by atoms with E-state index in [1.54, 1.807) is 13.1 Å². The second kappa shape index (κ2) is 7.65. The summed E-state index contributed by atoms with van der Waals surface area (Å²) >= 11 is 0. The van der Waals surface area contributed by atoms with E-state index in [-0.39, 0.29) is 11.9 Å². The number of anilines is 1. The first-order valence-corrected chi connectivity index (χ1v) is 7.32. The first kappa shape index (κ1) is 16.1. The summed E-state index contributed by atoms with van der Waals surface area (Å²) in [5.41, 5.74) is 0.664. The van der Waals surface area contributed by atoms with Crippen molar-refractivity contribution in [3.05, 3.63) is 24.4 Å². The lowest BCUT2D eigenvalue weighted by Crippen LogP contribution is -2.28. The van der Waals surface area contributed by atoms with Crippen LogP contribution in [0.25, 0.3) is 11.5 Å². The fourth-order valence-corrected chi connectivity index (χ4v) is 1.70. The molecular weight excluding hydrogens is 282 g/mol. The van der Waals surface area contributed by atoms with Crippen molar-refractivity contribution in [2.45, 2.75) is 33.3 Å². The Hall–Kier alpha value is -2.28. The fraction of sp³-hybridized carbons (Fsp3) is 0.467. The van der Waals surface area contributed by atoms with Crippen molar-refractivity contribution in [1.29, 1.82) is 0 Å². The minimum atomic E-state index is -0.546. The lowest BCUT2D eigenvalue weighted by atomic mass is 10.1. The highest BCUT2D eigenvalue weighted by atomic mass is 16.5. The van der Waals surface area contributed by atoms with Crippen LogP contribution in [0.3, 0.4) is 0 Å². The number of hydrogen-bond donors (Lipinski definition) is 2. The molecule has 0 aliphatic rings. The molecular formula is C15H21N5O2. The Morgan fingerprint density at radius 3 is 2.86 bits per heavy atom. The highest BCUT2D eigenvalue weighted by molar-refractivity contribution is 5.92. The molecule has 22 heavy (non-hydrogen) atoms. The average Bonchev–Trinajstić information content (AvgIpc) is 2.96. The Kier molecular flexibility index (Phi) is 5.60. The Labute approximate surface area is 129 Å². The van der Waals surface area contributed by atoms with Crippen LogP contribution in [-0.2, 0) is 9.53 Å². The summed E-state index contributed by atoms with van der Waals surface area (Å²) in [6.45, 7) is 6.49. The lowest BCUT2D eigenvalue weighted by Gasteiger charge is -2.12. The van der Waals surface area contributed by atoms with Gasteiger partial charge in [-0.15, -0.1) is 5.10 Å². The van der Waals surface area contributed by atoms with Crippen molar-refractivity contribution in [1.82, 2.24) is 20.2 Å². The van der Waals surface area contributed by atoms with Crippen molar-refractivity contribution in [3.8, 4) is 11.5 Å². The highest BCUT2D eigenvalue weighted by Gasteiger charge is 2.16. The van der Waals surface area contributed by atoms with Gasteiger partial charge in [0.2, 0.25) is 5.95 Å². The summed E-state index contributed by atoms with van der Waals surface area (Å²) in [6, 6.07) is 5.48. The van der Waals surface area contributed by atoms with Crippen molar-refractivity contribution >= 4 is 11.9 Å². The van der Waals surface area contributed by atoms with Gasteiger partial charge in [0.1, 0.15) is 11.8 Å². The molecule has 0 aliphatic heterocycles. The van der Waals surface area contributed by atoms with Crippen LogP contribution in [0.4, 0.5) is 5.95 Å². The molecule has 1 unspecified atom stereocenters. The Morgan fingerprint density at radius 1 is 1.36 bits per heavy atom. The standard InChI is InChI=1S/C15H21N5O2/c1-10(2)7-9-22-11(3)14(21)18-15-17-13(19-20-15)12-6-4-5-8-16-12/h4-6,8,10-11H,7,9H2,1-3H3,(H2,17,18,19,20,21). The molecule has 0 radical (unpaired) electrons. The van der Waals surface area contributed by atoms with Gasteiger partial charge in [0.05, 0.1) is 0 Å². The van der Waals surface area contributed by atoms with Crippen LogP contribution in [0.1, 0.15) is 27.2 Å². The summed E-state index contributed by atoms with van der Waals surface area (Å²) < 4.78 is 5.49.